The van der Waals surface area contributed by atoms with E-state index in [1.807, 2.05) is 6.07 Å². The van der Waals surface area contributed by atoms with Crippen molar-refractivity contribution in [2.45, 2.75) is 18.6 Å². The zero-order valence-electron chi connectivity index (χ0n) is 17.2. The third-order valence-electron chi connectivity index (χ3n) is 5.93. The second-order valence-corrected chi connectivity index (χ2v) is 7.71. The van der Waals surface area contributed by atoms with Crippen LogP contribution < -0.4 is 10.3 Å². The van der Waals surface area contributed by atoms with E-state index in [1.165, 1.54) is 4.68 Å². The number of carbonyl (C=O) groups excluding carboxylic acids is 1. The van der Waals surface area contributed by atoms with Crippen molar-refractivity contribution in [1.82, 2.24) is 14.7 Å². The number of piperidine rings is 1. The van der Waals surface area contributed by atoms with Crippen LogP contribution in [0.4, 0.5) is 0 Å². The highest BCUT2D eigenvalue weighted by Crippen LogP contribution is 2.32. The largest absolute Gasteiger partial charge is 0.497 e. The molecule has 0 aliphatic carbocycles. The number of rotatable bonds is 3. The fraction of sp³-hybridized carbons (Fsp3) is 0.348. The quantitative estimate of drug-likeness (QED) is 0.646. The molecule has 0 saturated carbocycles. The van der Waals surface area contributed by atoms with Crippen molar-refractivity contribution in [3.63, 3.8) is 0 Å². The Hall–Kier alpha value is -3.23. The highest BCUT2D eigenvalue weighted by Gasteiger charge is 2.41. The summed E-state index contributed by atoms with van der Waals surface area (Å²) in [6, 6.07) is 14.1. The molecule has 0 bridgehead atoms. The summed E-state index contributed by atoms with van der Waals surface area (Å²) in [6.07, 6.45) is 1.23. The maximum atomic E-state index is 13.5. The Balaban J connectivity index is 1.56. The molecule has 8 heteroatoms. The zero-order chi connectivity index (χ0) is 21.4. The lowest BCUT2D eigenvalue weighted by Gasteiger charge is -2.37. The van der Waals surface area contributed by atoms with Gasteiger partial charge in [0.2, 0.25) is 0 Å². The number of ether oxygens (including phenoxy) is 3. The maximum Gasteiger partial charge on any atom is 0.279 e. The van der Waals surface area contributed by atoms with Gasteiger partial charge in [-0.1, -0.05) is 24.3 Å². The predicted molar refractivity (Wildman–Crippen MR) is 114 cm³/mol. The molecule has 0 N–H and O–H groups in total. The molecule has 5 rings (SSSR count). The molecule has 2 saturated heterocycles. The van der Waals surface area contributed by atoms with Crippen molar-refractivity contribution >= 4 is 16.7 Å². The molecule has 2 aliphatic rings. The summed E-state index contributed by atoms with van der Waals surface area (Å²) in [4.78, 5) is 28.4. The Kier molecular flexibility index (Phi) is 4.95. The van der Waals surface area contributed by atoms with E-state index >= 15 is 0 Å². The molecular weight excluding hydrogens is 398 g/mol. The second kappa shape index (κ2) is 7.79. The fourth-order valence-corrected chi connectivity index (χ4v) is 4.25. The van der Waals surface area contributed by atoms with Crippen molar-refractivity contribution in [3.8, 4) is 11.4 Å². The Labute approximate surface area is 178 Å². The van der Waals surface area contributed by atoms with E-state index in [0.717, 1.165) is 0 Å². The monoisotopic (exact) mass is 421 g/mol. The van der Waals surface area contributed by atoms with Gasteiger partial charge in [-0.25, -0.2) is 0 Å². The first-order valence-electron chi connectivity index (χ1n) is 10.3. The van der Waals surface area contributed by atoms with Gasteiger partial charge < -0.3 is 19.1 Å². The summed E-state index contributed by atoms with van der Waals surface area (Å²) in [7, 11) is 1.56. The minimum Gasteiger partial charge on any atom is -0.497 e. The number of hydrogen-bond donors (Lipinski definition) is 0. The Bertz CT molecular complexity index is 1190. The number of aromatic nitrogens is 2. The summed E-state index contributed by atoms with van der Waals surface area (Å²) >= 11 is 0. The van der Waals surface area contributed by atoms with E-state index in [1.54, 1.807) is 54.5 Å². The number of hydrogen-bond acceptors (Lipinski definition) is 6. The molecule has 1 aromatic heterocycles. The Morgan fingerprint density at radius 3 is 2.45 bits per heavy atom. The maximum absolute atomic E-state index is 13.5. The minimum atomic E-state index is -0.564. The SMILES string of the molecule is COc1cccc(-n2nc(C(=O)N3CCC4(CC3)OCCO4)c3ccccc3c2=O)c1. The summed E-state index contributed by atoms with van der Waals surface area (Å²) in [6.45, 7) is 2.19. The molecule has 3 heterocycles. The lowest BCUT2D eigenvalue weighted by molar-refractivity contribution is -0.181. The normalized spacial score (nSPS) is 17.9. The van der Waals surface area contributed by atoms with Gasteiger partial charge in [-0.3, -0.25) is 9.59 Å². The van der Waals surface area contributed by atoms with E-state index in [9.17, 15) is 9.59 Å². The molecule has 160 valence electrons. The summed E-state index contributed by atoms with van der Waals surface area (Å²) in [5, 5.41) is 5.50. The van der Waals surface area contributed by atoms with Gasteiger partial charge in [0.15, 0.2) is 11.5 Å². The van der Waals surface area contributed by atoms with Crippen molar-refractivity contribution in [3.05, 3.63) is 64.6 Å². The summed E-state index contributed by atoms with van der Waals surface area (Å²) in [5.74, 6) is -0.170. The van der Waals surface area contributed by atoms with Crippen molar-refractivity contribution in [2.75, 3.05) is 33.4 Å². The van der Waals surface area contributed by atoms with Gasteiger partial charge in [0.1, 0.15) is 5.75 Å². The lowest BCUT2D eigenvalue weighted by atomic mass is 10.0. The molecule has 2 aromatic carbocycles. The molecular formula is C23H23N3O5. The van der Waals surface area contributed by atoms with E-state index in [0.29, 0.717) is 61.4 Å². The molecule has 8 nitrogen and oxygen atoms in total. The number of likely N-dealkylation sites (tertiary alicyclic amines) is 1. The third kappa shape index (κ3) is 3.47. The molecule has 2 fully saturated rings. The van der Waals surface area contributed by atoms with Gasteiger partial charge in [0, 0.05) is 37.4 Å². The number of carbonyl (C=O) groups is 1. The number of fused-ring (bicyclic) bond motifs is 1. The van der Waals surface area contributed by atoms with Gasteiger partial charge in [-0.2, -0.15) is 9.78 Å². The molecule has 0 atom stereocenters. The van der Waals surface area contributed by atoms with Crippen LogP contribution in [0.25, 0.3) is 16.5 Å². The van der Waals surface area contributed by atoms with Crippen LogP contribution in [0, 0.1) is 0 Å². The summed E-state index contributed by atoms with van der Waals surface area (Å²) in [5.41, 5.74) is 0.502. The first-order valence-corrected chi connectivity index (χ1v) is 10.3. The Morgan fingerprint density at radius 2 is 1.74 bits per heavy atom. The number of nitrogens with zero attached hydrogens (tertiary/aromatic N) is 3. The van der Waals surface area contributed by atoms with Crippen molar-refractivity contribution in [1.29, 1.82) is 0 Å². The lowest BCUT2D eigenvalue weighted by Crippen LogP contribution is -2.47. The van der Waals surface area contributed by atoms with Gasteiger partial charge >= 0.3 is 0 Å². The van der Waals surface area contributed by atoms with Crippen LogP contribution in [-0.4, -0.2) is 59.8 Å². The minimum absolute atomic E-state index is 0.208. The van der Waals surface area contributed by atoms with E-state index in [-0.39, 0.29) is 17.2 Å². The van der Waals surface area contributed by atoms with Crippen LogP contribution >= 0.6 is 0 Å². The average Bonchev–Trinajstić information content (AvgIpc) is 3.27. The third-order valence-corrected chi connectivity index (χ3v) is 5.93. The van der Waals surface area contributed by atoms with Crippen molar-refractivity contribution < 1.29 is 19.0 Å². The first kappa shape index (κ1) is 19.7. The van der Waals surface area contributed by atoms with Crippen LogP contribution in [0.15, 0.2) is 53.3 Å². The molecule has 2 aliphatic heterocycles. The van der Waals surface area contributed by atoms with Crippen molar-refractivity contribution in [2.24, 2.45) is 0 Å². The van der Waals surface area contributed by atoms with Gasteiger partial charge in [-0.15, -0.1) is 0 Å². The zero-order valence-corrected chi connectivity index (χ0v) is 17.2. The predicted octanol–water partition coefficient (Wildman–Crippen LogP) is 2.37. The summed E-state index contributed by atoms with van der Waals surface area (Å²) < 4.78 is 18.1. The number of benzene rings is 2. The standard InChI is InChI=1S/C23H23N3O5/c1-29-17-6-4-5-16(15-17)26-21(27)19-8-3-2-7-18(19)20(24-26)22(28)25-11-9-23(10-12-25)30-13-14-31-23/h2-8,15H,9-14H2,1H3. The van der Waals surface area contributed by atoms with E-state index < -0.39 is 5.79 Å². The highest BCUT2D eigenvalue weighted by molar-refractivity contribution is 6.04. The second-order valence-electron chi connectivity index (χ2n) is 7.71. The van der Waals surface area contributed by atoms with E-state index in [2.05, 4.69) is 5.10 Å². The van der Waals surface area contributed by atoms with Crippen LogP contribution in [0.2, 0.25) is 0 Å². The van der Waals surface area contributed by atoms with Crippen LogP contribution in [-0.2, 0) is 9.47 Å². The van der Waals surface area contributed by atoms with Crippen LogP contribution in [0.1, 0.15) is 23.3 Å². The highest BCUT2D eigenvalue weighted by atomic mass is 16.7. The first-order chi connectivity index (χ1) is 15.1. The van der Waals surface area contributed by atoms with Gasteiger partial charge in [0.05, 0.1) is 31.4 Å². The molecule has 0 unspecified atom stereocenters. The molecule has 31 heavy (non-hydrogen) atoms. The fourth-order valence-electron chi connectivity index (χ4n) is 4.25. The number of methoxy groups -OCH3 is 1. The Morgan fingerprint density at radius 1 is 1.03 bits per heavy atom. The van der Waals surface area contributed by atoms with Gasteiger partial charge in [-0.05, 0) is 18.2 Å². The molecule has 3 aromatic rings. The average molecular weight is 421 g/mol. The smallest absolute Gasteiger partial charge is 0.279 e. The van der Waals surface area contributed by atoms with E-state index in [4.69, 9.17) is 14.2 Å². The van der Waals surface area contributed by atoms with Gasteiger partial charge in [0.25, 0.3) is 11.5 Å². The molecule has 0 radical (unpaired) electrons. The molecule has 1 spiro atoms. The topological polar surface area (TPSA) is 82.9 Å². The van der Waals surface area contributed by atoms with Crippen LogP contribution in [0.5, 0.6) is 5.75 Å². The number of amides is 1. The molecule has 1 amide bonds. The van der Waals surface area contributed by atoms with Crippen LogP contribution in [0.3, 0.4) is 0 Å².